The highest BCUT2D eigenvalue weighted by Gasteiger charge is 2.33. The average Bonchev–Trinajstić information content (AvgIpc) is 2.62. The number of nitrogens with zero attached hydrogens (tertiary/aromatic N) is 1. The maximum atomic E-state index is 11.6. The lowest BCUT2D eigenvalue weighted by Crippen LogP contribution is -2.46. The molecule has 1 aromatic rings. The van der Waals surface area contributed by atoms with E-state index in [1.165, 1.54) is 0 Å². The minimum Gasteiger partial charge on any atom is -0.368 e. The third kappa shape index (κ3) is 1.50. The van der Waals surface area contributed by atoms with Crippen LogP contribution in [0.1, 0.15) is 39.2 Å². The second-order valence-corrected chi connectivity index (χ2v) is 5.33. The molecule has 15 heavy (non-hydrogen) atoms. The molecule has 1 aliphatic rings. The van der Waals surface area contributed by atoms with Crippen LogP contribution < -0.4 is 15.8 Å². The van der Waals surface area contributed by atoms with Gasteiger partial charge in [-0.3, -0.25) is 9.59 Å². The second-order valence-electron chi connectivity index (χ2n) is 5.33. The molecule has 0 N–H and O–H groups in total. The van der Waals surface area contributed by atoms with Crippen molar-refractivity contribution in [3.63, 3.8) is 0 Å². The fourth-order valence-electron chi connectivity index (χ4n) is 2.32. The summed E-state index contributed by atoms with van der Waals surface area (Å²) in [6.07, 6.45) is 2.25. The average molecular weight is 207 g/mol. The summed E-state index contributed by atoms with van der Waals surface area (Å²) in [6.45, 7) is 7.82. The van der Waals surface area contributed by atoms with Crippen molar-refractivity contribution in [2.45, 2.75) is 39.0 Å². The van der Waals surface area contributed by atoms with Gasteiger partial charge >= 0.3 is 0 Å². The summed E-state index contributed by atoms with van der Waals surface area (Å²) in [7, 11) is 0. The maximum absolute atomic E-state index is 11.6. The molecule has 1 fully saturated rings. The van der Waals surface area contributed by atoms with Crippen molar-refractivity contribution >= 4 is 5.69 Å². The predicted molar refractivity (Wildman–Crippen MR) is 61.5 cm³/mol. The van der Waals surface area contributed by atoms with E-state index < -0.39 is 0 Å². The highest BCUT2D eigenvalue weighted by molar-refractivity contribution is 5.61. The van der Waals surface area contributed by atoms with E-state index in [4.69, 9.17) is 0 Å². The van der Waals surface area contributed by atoms with Gasteiger partial charge in [-0.2, -0.15) is 0 Å². The van der Waals surface area contributed by atoms with Gasteiger partial charge in [0.25, 0.3) is 0 Å². The summed E-state index contributed by atoms with van der Waals surface area (Å²) in [4.78, 5) is 25.2. The van der Waals surface area contributed by atoms with Crippen molar-refractivity contribution in [3.05, 3.63) is 26.0 Å². The molecule has 0 amide bonds. The first-order valence-electron chi connectivity index (χ1n) is 5.51. The smallest absolute Gasteiger partial charge is 0.249 e. The van der Waals surface area contributed by atoms with Gasteiger partial charge < -0.3 is 4.90 Å². The van der Waals surface area contributed by atoms with Crippen molar-refractivity contribution in [1.82, 2.24) is 0 Å². The third-order valence-corrected chi connectivity index (χ3v) is 3.06. The van der Waals surface area contributed by atoms with E-state index in [-0.39, 0.29) is 16.3 Å². The molecule has 1 heterocycles. The SMILES string of the molecule is CC(C)(C)c1c(N2CCCC2)c(=O)c1=O. The molecule has 3 heteroatoms. The van der Waals surface area contributed by atoms with Crippen LogP contribution in [-0.4, -0.2) is 13.1 Å². The van der Waals surface area contributed by atoms with Crippen molar-refractivity contribution in [2.75, 3.05) is 18.0 Å². The summed E-state index contributed by atoms with van der Waals surface area (Å²) in [5.74, 6) is 0. The van der Waals surface area contributed by atoms with Gasteiger partial charge in [0.05, 0.1) is 5.69 Å². The zero-order valence-electron chi connectivity index (χ0n) is 9.59. The molecule has 1 saturated heterocycles. The predicted octanol–water partition coefficient (Wildman–Crippen LogP) is 1.18. The molecule has 0 radical (unpaired) electrons. The monoisotopic (exact) mass is 207 g/mol. The summed E-state index contributed by atoms with van der Waals surface area (Å²) in [5.41, 5.74) is 0.675. The molecule has 3 nitrogen and oxygen atoms in total. The Morgan fingerprint density at radius 3 is 2.00 bits per heavy atom. The van der Waals surface area contributed by atoms with Crippen LogP contribution in [0.25, 0.3) is 0 Å². The molecule has 0 saturated carbocycles. The van der Waals surface area contributed by atoms with Gasteiger partial charge in [0.15, 0.2) is 0 Å². The highest BCUT2D eigenvalue weighted by atomic mass is 16.2. The Bertz CT molecular complexity index is 441. The van der Waals surface area contributed by atoms with E-state index in [9.17, 15) is 9.59 Å². The third-order valence-electron chi connectivity index (χ3n) is 3.06. The standard InChI is InChI=1S/C12H17NO2/c1-12(2,3)8-9(11(15)10(8)14)13-6-4-5-7-13/h4-7H2,1-3H3. The lowest BCUT2D eigenvalue weighted by Gasteiger charge is -2.28. The number of rotatable bonds is 1. The van der Waals surface area contributed by atoms with Crippen LogP contribution in [0.5, 0.6) is 0 Å². The molecular formula is C12H17NO2. The lowest BCUT2D eigenvalue weighted by atomic mass is 9.82. The van der Waals surface area contributed by atoms with Crippen molar-refractivity contribution in [2.24, 2.45) is 0 Å². The molecule has 0 bridgehead atoms. The van der Waals surface area contributed by atoms with E-state index in [0.717, 1.165) is 31.5 Å². The van der Waals surface area contributed by atoms with Crippen LogP contribution in [0.2, 0.25) is 0 Å². The Morgan fingerprint density at radius 1 is 1.00 bits per heavy atom. The van der Waals surface area contributed by atoms with E-state index in [1.807, 2.05) is 20.8 Å². The minimum absolute atomic E-state index is 0.205. The van der Waals surface area contributed by atoms with Gasteiger partial charge in [-0.05, 0) is 18.3 Å². The topological polar surface area (TPSA) is 37.4 Å². The van der Waals surface area contributed by atoms with Crippen LogP contribution >= 0.6 is 0 Å². The quantitative estimate of drug-likeness (QED) is 0.649. The Hall–Kier alpha value is -1.12. The van der Waals surface area contributed by atoms with Gasteiger partial charge in [0.1, 0.15) is 0 Å². The van der Waals surface area contributed by atoms with E-state index >= 15 is 0 Å². The van der Waals surface area contributed by atoms with Crippen LogP contribution in [-0.2, 0) is 5.41 Å². The van der Waals surface area contributed by atoms with Gasteiger partial charge in [0, 0.05) is 18.7 Å². The first-order valence-corrected chi connectivity index (χ1v) is 5.51. The number of anilines is 1. The second kappa shape index (κ2) is 3.19. The molecule has 1 aromatic carbocycles. The van der Waals surface area contributed by atoms with Crippen molar-refractivity contribution in [3.8, 4) is 0 Å². The minimum atomic E-state index is -0.276. The van der Waals surface area contributed by atoms with Crippen molar-refractivity contribution in [1.29, 1.82) is 0 Å². The molecular weight excluding hydrogens is 190 g/mol. The summed E-state index contributed by atoms with van der Waals surface area (Å²) in [6, 6.07) is 0. The molecule has 0 aliphatic carbocycles. The first-order chi connectivity index (χ1) is 6.93. The van der Waals surface area contributed by atoms with E-state index in [2.05, 4.69) is 4.90 Å². The molecule has 82 valence electrons. The van der Waals surface area contributed by atoms with E-state index in [1.54, 1.807) is 0 Å². The fourth-order valence-corrected chi connectivity index (χ4v) is 2.32. The van der Waals surface area contributed by atoms with Crippen molar-refractivity contribution < 1.29 is 0 Å². The van der Waals surface area contributed by atoms with Gasteiger partial charge in [0.2, 0.25) is 10.9 Å². The molecule has 1 aliphatic heterocycles. The maximum Gasteiger partial charge on any atom is 0.249 e. The molecule has 0 unspecified atom stereocenters. The van der Waals surface area contributed by atoms with Crippen LogP contribution in [0.4, 0.5) is 5.69 Å². The number of hydrogen-bond donors (Lipinski definition) is 0. The number of hydrogen-bond acceptors (Lipinski definition) is 3. The molecule has 2 rings (SSSR count). The Morgan fingerprint density at radius 2 is 1.53 bits per heavy atom. The summed E-state index contributed by atoms with van der Waals surface area (Å²) < 4.78 is 0. The van der Waals surface area contributed by atoms with Crippen LogP contribution in [0.15, 0.2) is 9.59 Å². The zero-order valence-corrected chi connectivity index (χ0v) is 9.59. The Balaban J connectivity index is 2.44. The van der Waals surface area contributed by atoms with Crippen LogP contribution in [0, 0.1) is 0 Å². The molecule has 0 aromatic heterocycles. The van der Waals surface area contributed by atoms with E-state index in [0.29, 0.717) is 5.69 Å². The van der Waals surface area contributed by atoms with Gasteiger partial charge in [-0.25, -0.2) is 0 Å². The van der Waals surface area contributed by atoms with Gasteiger partial charge in [-0.1, -0.05) is 20.8 Å². The Kier molecular flexibility index (Phi) is 2.21. The first kappa shape index (κ1) is 10.4. The van der Waals surface area contributed by atoms with Gasteiger partial charge in [-0.15, -0.1) is 0 Å². The fraction of sp³-hybridized carbons (Fsp3) is 0.667. The zero-order chi connectivity index (χ0) is 11.2. The molecule has 0 spiro atoms. The highest BCUT2D eigenvalue weighted by Crippen LogP contribution is 2.29. The Labute approximate surface area is 89.4 Å². The van der Waals surface area contributed by atoms with Crippen LogP contribution in [0.3, 0.4) is 0 Å². The largest absolute Gasteiger partial charge is 0.368 e. The molecule has 0 atom stereocenters. The lowest BCUT2D eigenvalue weighted by molar-refractivity contribution is 0.576. The normalized spacial score (nSPS) is 17.7. The summed E-state index contributed by atoms with van der Waals surface area (Å²) in [5, 5.41) is 0. The summed E-state index contributed by atoms with van der Waals surface area (Å²) >= 11 is 0.